The number of carbonyl (C=O) groups is 1. The standard InChI is InChI=1S/C7H8N2O3S/c1-2-12-6(10)4-3-5(13)9-7(11)8-4/h3H,2H2,1H3,(H2,8,9,11,13). The van der Waals surface area contributed by atoms with Crippen molar-refractivity contribution in [1.82, 2.24) is 9.97 Å². The molecule has 0 amide bonds. The molecule has 0 fully saturated rings. The van der Waals surface area contributed by atoms with Crippen molar-refractivity contribution < 1.29 is 9.53 Å². The first-order valence-electron chi connectivity index (χ1n) is 3.64. The van der Waals surface area contributed by atoms with Gasteiger partial charge in [-0.2, -0.15) is 0 Å². The highest BCUT2D eigenvalue weighted by Gasteiger charge is 2.06. The minimum atomic E-state index is -0.584. The molecule has 0 aliphatic rings. The molecule has 0 unspecified atom stereocenters. The fourth-order valence-electron chi connectivity index (χ4n) is 0.788. The van der Waals surface area contributed by atoms with Gasteiger partial charge in [0, 0.05) is 6.07 Å². The number of aromatic amines is 2. The van der Waals surface area contributed by atoms with E-state index in [1.807, 2.05) is 0 Å². The van der Waals surface area contributed by atoms with E-state index in [4.69, 9.17) is 12.2 Å². The van der Waals surface area contributed by atoms with Crippen LogP contribution < -0.4 is 5.69 Å². The molecule has 13 heavy (non-hydrogen) atoms. The SMILES string of the molecule is CCOC(=O)c1cc(=S)[nH]c(=O)[nH]1. The molecule has 6 heteroatoms. The second-order valence-corrected chi connectivity index (χ2v) is 2.66. The Balaban J connectivity index is 3.08. The van der Waals surface area contributed by atoms with Gasteiger partial charge in [-0.25, -0.2) is 9.59 Å². The van der Waals surface area contributed by atoms with Crippen LogP contribution in [0.15, 0.2) is 10.9 Å². The fraction of sp³-hybridized carbons (Fsp3) is 0.286. The molecule has 0 bridgehead atoms. The first-order valence-corrected chi connectivity index (χ1v) is 4.05. The number of rotatable bonds is 2. The molecule has 1 aromatic rings. The van der Waals surface area contributed by atoms with Crippen molar-refractivity contribution in [2.75, 3.05) is 6.61 Å². The van der Waals surface area contributed by atoms with Crippen LogP contribution >= 0.6 is 12.2 Å². The number of aromatic nitrogens is 2. The number of hydrogen-bond donors (Lipinski definition) is 2. The first kappa shape index (κ1) is 9.66. The minimum absolute atomic E-state index is 0.0654. The average Bonchev–Trinajstić information content (AvgIpc) is 2.03. The summed E-state index contributed by atoms with van der Waals surface area (Å²) in [6.45, 7) is 1.94. The van der Waals surface area contributed by atoms with Gasteiger partial charge in [0.1, 0.15) is 10.3 Å². The Hall–Kier alpha value is -1.43. The Morgan fingerprint density at radius 1 is 1.62 bits per heavy atom. The second kappa shape index (κ2) is 3.99. The highest BCUT2D eigenvalue weighted by molar-refractivity contribution is 7.71. The molecular formula is C7H8N2O3S. The number of H-pyrrole nitrogens is 2. The predicted molar refractivity (Wildman–Crippen MR) is 48.2 cm³/mol. The van der Waals surface area contributed by atoms with Crippen LogP contribution in [0.4, 0.5) is 0 Å². The second-order valence-electron chi connectivity index (χ2n) is 2.22. The molecule has 1 rings (SSSR count). The first-order chi connectivity index (χ1) is 6.13. The van der Waals surface area contributed by atoms with Crippen molar-refractivity contribution in [3.63, 3.8) is 0 Å². The number of esters is 1. The molecule has 0 aromatic carbocycles. The van der Waals surface area contributed by atoms with E-state index in [0.717, 1.165) is 0 Å². The summed E-state index contributed by atoms with van der Waals surface area (Å²) < 4.78 is 4.87. The third-order valence-electron chi connectivity index (χ3n) is 1.26. The zero-order chi connectivity index (χ0) is 9.84. The number of carbonyl (C=O) groups excluding carboxylic acids is 1. The van der Waals surface area contributed by atoms with E-state index < -0.39 is 11.7 Å². The lowest BCUT2D eigenvalue weighted by Crippen LogP contribution is -2.17. The van der Waals surface area contributed by atoms with E-state index in [0.29, 0.717) is 0 Å². The van der Waals surface area contributed by atoms with Crippen LogP contribution in [0.25, 0.3) is 0 Å². The van der Waals surface area contributed by atoms with Crippen molar-refractivity contribution in [3.8, 4) is 0 Å². The summed E-state index contributed by atoms with van der Waals surface area (Å²) in [5.74, 6) is -0.584. The summed E-state index contributed by atoms with van der Waals surface area (Å²) >= 11 is 4.71. The van der Waals surface area contributed by atoms with Crippen LogP contribution in [-0.2, 0) is 4.74 Å². The van der Waals surface area contributed by atoms with E-state index in [1.165, 1.54) is 6.07 Å². The molecule has 0 atom stereocenters. The number of hydrogen-bond acceptors (Lipinski definition) is 4. The van der Waals surface area contributed by atoms with Crippen LogP contribution in [0.2, 0.25) is 0 Å². The van der Waals surface area contributed by atoms with Gasteiger partial charge in [0.05, 0.1) is 6.61 Å². The molecule has 0 saturated heterocycles. The summed E-state index contributed by atoms with van der Waals surface area (Å²) in [6.07, 6.45) is 0. The molecule has 0 saturated carbocycles. The summed E-state index contributed by atoms with van der Waals surface area (Å²) in [5, 5.41) is 0. The summed E-state index contributed by atoms with van der Waals surface area (Å²) in [5.41, 5.74) is -0.453. The predicted octanol–water partition coefficient (Wildman–Crippen LogP) is 0.609. The third-order valence-corrected chi connectivity index (χ3v) is 1.48. The van der Waals surface area contributed by atoms with Crippen molar-refractivity contribution in [2.24, 2.45) is 0 Å². The van der Waals surface area contributed by atoms with Gasteiger partial charge in [-0.3, -0.25) is 4.98 Å². The average molecular weight is 200 g/mol. The summed E-state index contributed by atoms with van der Waals surface area (Å²) in [4.78, 5) is 26.5. The Labute approximate surface area is 78.8 Å². The molecule has 0 radical (unpaired) electrons. The number of ether oxygens (including phenoxy) is 1. The van der Waals surface area contributed by atoms with Gasteiger partial charge in [0.25, 0.3) is 0 Å². The van der Waals surface area contributed by atoms with Gasteiger partial charge in [0.15, 0.2) is 0 Å². The maximum absolute atomic E-state index is 11.1. The lowest BCUT2D eigenvalue weighted by atomic mass is 10.4. The van der Waals surface area contributed by atoms with Gasteiger partial charge in [-0.15, -0.1) is 0 Å². The van der Waals surface area contributed by atoms with Gasteiger partial charge in [-0.1, -0.05) is 12.2 Å². The highest BCUT2D eigenvalue weighted by atomic mass is 32.1. The molecular weight excluding hydrogens is 192 g/mol. The molecule has 1 heterocycles. The molecule has 0 spiro atoms. The Kier molecular flexibility index (Phi) is 2.97. The van der Waals surface area contributed by atoms with E-state index in [1.54, 1.807) is 6.92 Å². The zero-order valence-corrected chi connectivity index (χ0v) is 7.73. The third kappa shape index (κ3) is 2.51. The number of nitrogens with one attached hydrogen (secondary N) is 2. The largest absolute Gasteiger partial charge is 0.461 e. The molecule has 0 aliphatic heterocycles. The van der Waals surface area contributed by atoms with Crippen LogP contribution in [0.5, 0.6) is 0 Å². The molecule has 2 N–H and O–H groups in total. The molecule has 70 valence electrons. The van der Waals surface area contributed by atoms with Gasteiger partial charge >= 0.3 is 11.7 Å². The maximum Gasteiger partial charge on any atom is 0.354 e. The van der Waals surface area contributed by atoms with E-state index in [9.17, 15) is 9.59 Å². The quantitative estimate of drug-likeness (QED) is 0.541. The molecule has 1 aromatic heterocycles. The van der Waals surface area contributed by atoms with Crippen LogP contribution in [0.1, 0.15) is 17.4 Å². The topological polar surface area (TPSA) is 75.0 Å². The maximum atomic E-state index is 11.1. The van der Waals surface area contributed by atoms with Crippen molar-refractivity contribution in [3.05, 3.63) is 26.9 Å². The lowest BCUT2D eigenvalue weighted by molar-refractivity contribution is 0.0518. The van der Waals surface area contributed by atoms with Crippen LogP contribution in [0, 0.1) is 4.64 Å². The van der Waals surface area contributed by atoms with Gasteiger partial charge in [-0.05, 0) is 6.92 Å². The summed E-state index contributed by atoms with van der Waals surface area (Å²) in [7, 11) is 0. The van der Waals surface area contributed by atoms with Gasteiger partial charge in [0.2, 0.25) is 0 Å². The Bertz CT molecular complexity index is 392. The zero-order valence-electron chi connectivity index (χ0n) is 6.92. The normalized spacial score (nSPS) is 9.62. The molecule has 5 nitrogen and oxygen atoms in total. The van der Waals surface area contributed by atoms with E-state index >= 15 is 0 Å². The minimum Gasteiger partial charge on any atom is -0.461 e. The van der Waals surface area contributed by atoms with Crippen molar-refractivity contribution in [1.29, 1.82) is 0 Å². The molecule has 0 aliphatic carbocycles. The Morgan fingerprint density at radius 3 is 2.85 bits per heavy atom. The van der Waals surface area contributed by atoms with Gasteiger partial charge < -0.3 is 9.72 Å². The van der Waals surface area contributed by atoms with E-state index in [-0.39, 0.29) is 16.9 Å². The summed E-state index contributed by atoms with van der Waals surface area (Å²) in [6, 6.07) is 1.34. The monoisotopic (exact) mass is 200 g/mol. The van der Waals surface area contributed by atoms with E-state index in [2.05, 4.69) is 14.7 Å². The Morgan fingerprint density at radius 2 is 2.31 bits per heavy atom. The highest BCUT2D eigenvalue weighted by Crippen LogP contribution is 1.94. The van der Waals surface area contributed by atoms with Crippen LogP contribution in [-0.4, -0.2) is 22.5 Å². The van der Waals surface area contributed by atoms with Crippen molar-refractivity contribution in [2.45, 2.75) is 6.92 Å². The van der Waals surface area contributed by atoms with Crippen molar-refractivity contribution >= 4 is 18.2 Å². The van der Waals surface area contributed by atoms with Crippen LogP contribution in [0.3, 0.4) is 0 Å². The smallest absolute Gasteiger partial charge is 0.354 e. The lowest BCUT2D eigenvalue weighted by Gasteiger charge is -1.99. The fourth-order valence-corrected chi connectivity index (χ4v) is 0.998.